The number of amides is 1. The average molecular weight is 237 g/mol. The molecule has 0 aromatic heterocycles. The van der Waals surface area contributed by atoms with Gasteiger partial charge in [-0.2, -0.15) is 0 Å². The van der Waals surface area contributed by atoms with Gasteiger partial charge in [-0.05, 0) is 37.6 Å². The van der Waals surface area contributed by atoms with Gasteiger partial charge in [0.05, 0.1) is 13.2 Å². The van der Waals surface area contributed by atoms with Crippen LogP contribution in [0.15, 0.2) is 18.2 Å². The van der Waals surface area contributed by atoms with E-state index in [1.54, 1.807) is 13.2 Å². The number of ether oxygens (including phenoxy) is 2. The van der Waals surface area contributed by atoms with Gasteiger partial charge in [-0.25, -0.2) is 0 Å². The first-order valence-corrected chi connectivity index (χ1v) is 5.69. The van der Waals surface area contributed by atoms with Crippen molar-refractivity contribution < 1.29 is 14.3 Å². The van der Waals surface area contributed by atoms with E-state index in [9.17, 15) is 4.79 Å². The molecule has 0 saturated carbocycles. The van der Waals surface area contributed by atoms with E-state index in [2.05, 4.69) is 5.32 Å². The molecule has 0 unspecified atom stereocenters. The molecule has 0 aliphatic carbocycles. The number of benzene rings is 1. The molecule has 1 aromatic carbocycles. The minimum atomic E-state index is -0.0896. The number of aryl methyl sites for hydroxylation is 1. The van der Waals surface area contributed by atoms with Gasteiger partial charge in [-0.1, -0.05) is 0 Å². The van der Waals surface area contributed by atoms with Crippen LogP contribution in [0.4, 0.5) is 0 Å². The normalized spacial score (nSPS) is 10.1. The first-order valence-electron chi connectivity index (χ1n) is 5.69. The first kappa shape index (κ1) is 13.5. The summed E-state index contributed by atoms with van der Waals surface area (Å²) in [4.78, 5) is 11.7. The number of nitrogens with one attached hydrogen (secondary N) is 1. The van der Waals surface area contributed by atoms with Crippen molar-refractivity contribution in [1.29, 1.82) is 0 Å². The highest BCUT2D eigenvalue weighted by molar-refractivity contribution is 5.94. The van der Waals surface area contributed by atoms with E-state index in [1.165, 1.54) is 0 Å². The van der Waals surface area contributed by atoms with E-state index in [0.717, 1.165) is 11.3 Å². The lowest BCUT2D eigenvalue weighted by Crippen LogP contribution is -2.26. The van der Waals surface area contributed by atoms with Crippen LogP contribution in [0.25, 0.3) is 0 Å². The molecule has 1 N–H and O–H groups in total. The van der Waals surface area contributed by atoms with E-state index in [4.69, 9.17) is 9.47 Å². The SMILES string of the molecule is CCOc1ccc(C(=O)NCCOC)cc1C. The highest BCUT2D eigenvalue weighted by atomic mass is 16.5. The summed E-state index contributed by atoms with van der Waals surface area (Å²) >= 11 is 0. The van der Waals surface area contributed by atoms with Crippen LogP contribution >= 0.6 is 0 Å². The molecule has 4 nitrogen and oxygen atoms in total. The summed E-state index contributed by atoms with van der Waals surface area (Å²) in [5.74, 6) is 0.731. The summed E-state index contributed by atoms with van der Waals surface area (Å²) in [5, 5.41) is 2.77. The van der Waals surface area contributed by atoms with Crippen molar-refractivity contribution in [2.75, 3.05) is 26.9 Å². The lowest BCUT2D eigenvalue weighted by molar-refractivity contribution is 0.0937. The Hall–Kier alpha value is -1.55. The van der Waals surface area contributed by atoms with E-state index in [-0.39, 0.29) is 5.91 Å². The van der Waals surface area contributed by atoms with Gasteiger partial charge in [0.25, 0.3) is 5.91 Å². The predicted molar refractivity (Wildman–Crippen MR) is 66.6 cm³/mol. The molecule has 1 amide bonds. The number of rotatable bonds is 6. The van der Waals surface area contributed by atoms with E-state index in [0.29, 0.717) is 25.3 Å². The van der Waals surface area contributed by atoms with Crippen molar-refractivity contribution >= 4 is 5.91 Å². The molecule has 17 heavy (non-hydrogen) atoms. The van der Waals surface area contributed by atoms with Crippen LogP contribution in [0, 0.1) is 6.92 Å². The number of hydrogen-bond donors (Lipinski definition) is 1. The number of carbonyl (C=O) groups is 1. The maximum atomic E-state index is 11.7. The fourth-order valence-corrected chi connectivity index (χ4v) is 1.48. The largest absolute Gasteiger partial charge is 0.494 e. The van der Waals surface area contributed by atoms with Crippen LogP contribution in [0.5, 0.6) is 5.75 Å². The van der Waals surface area contributed by atoms with E-state index >= 15 is 0 Å². The standard InChI is InChI=1S/C13H19NO3/c1-4-17-12-6-5-11(9-10(12)2)13(15)14-7-8-16-3/h5-6,9H,4,7-8H2,1-3H3,(H,14,15). The summed E-state index contributed by atoms with van der Waals surface area (Å²) in [6, 6.07) is 5.41. The molecule has 0 aliphatic rings. The summed E-state index contributed by atoms with van der Waals surface area (Å²) in [5.41, 5.74) is 1.60. The Balaban J connectivity index is 2.65. The van der Waals surface area contributed by atoms with Gasteiger partial charge in [0.15, 0.2) is 0 Å². The van der Waals surface area contributed by atoms with Gasteiger partial charge in [0.2, 0.25) is 0 Å². The summed E-state index contributed by atoms with van der Waals surface area (Å²) < 4.78 is 10.3. The molecule has 0 fully saturated rings. The van der Waals surface area contributed by atoms with Gasteiger partial charge in [-0.3, -0.25) is 4.79 Å². The van der Waals surface area contributed by atoms with Crippen molar-refractivity contribution in [1.82, 2.24) is 5.32 Å². The Morgan fingerprint density at radius 3 is 2.76 bits per heavy atom. The molecule has 1 aromatic rings. The van der Waals surface area contributed by atoms with Gasteiger partial charge in [0, 0.05) is 19.2 Å². The Morgan fingerprint density at radius 2 is 2.18 bits per heavy atom. The maximum absolute atomic E-state index is 11.7. The third-order valence-electron chi connectivity index (χ3n) is 2.33. The molecule has 0 atom stereocenters. The van der Waals surface area contributed by atoms with E-state index < -0.39 is 0 Å². The summed E-state index contributed by atoms with van der Waals surface area (Å²) in [7, 11) is 1.60. The van der Waals surface area contributed by atoms with Gasteiger partial charge >= 0.3 is 0 Å². The molecule has 0 bridgehead atoms. The maximum Gasteiger partial charge on any atom is 0.251 e. The molecule has 1 rings (SSSR count). The fraction of sp³-hybridized carbons (Fsp3) is 0.462. The molecule has 0 heterocycles. The van der Waals surface area contributed by atoms with Crippen LogP contribution in [0.3, 0.4) is 0 Å². The zero-order valence-electron chi connectivity index (χ0n) is 10.6. The first-order chi connectivity index (χ1) is 8.19. The van der Waals surface area contributed by atoms with Crippen molar-refractivity contribution in [3.63, 3.8) is 0 Å². The Bertz CT molecular complexity index is 377. The van der Waals surface area contributed by atoms with Crippen LogP contribution in [0.2, 0.25) is 0 Å². The Morgan fingerprint density at radius 1 is 1.41 bits per heavy atom. The highest BCUT2D eigenvalue weighted by Gasteiger charge is 2.07. The second kappa shape index (κ2) is 6.91. The second-order valence-corrected chi connectivity index (χ2v) is 3.66. The van der Waals surface area contributed by atoms with Gasteiger partial charge < -0.3 is 14.8 Å². The minimum Gasteiger partial charge on any atom is -0.494 e. The zero-order chi connectivity index (χ0) is 12.7. The van der Waals surface area contributed by atoms with Gasteiger partial charge in [-0.15, -0.1) is 0 Å². The highest BCUT2D eigenvalue weighted by Crippen LogP contribution is 2.18. The van der Waals surface area contributed by atoms with Gasteiger partial charge in [0.1, 0.15) is 5.75 Å². The molecular formula is C13H19NO3. The number of carbonyl (C=O) groups excluding carboxylic acids is 1. The monoisotopic (exact) mass is 237 g/mol. The van der Waals surface area contributed by atoms with Crippen molar-refractivity contribution in [3.8, 4) is 5.75 Å². The summed E-state index contributed by atoms with van der Waals surface area (Å²) in [6.45, 7) is 5.52. The number of hydrogen-bond acceptors (Lipinski definition) is 3. The lowest BCUT2D eigenvalue weighted by Gasteiger charge is -2.09. The molecule has 0 radical (unpaired) electrons. The third-order valence-corrected chi connectivity index (χ3v) is 2.33. The molecular weight excluding hydrogens is 218 g/mol. The lowest BCUT2D eigenvalue weighted by atomic mass is 10.1. The topological polar surface area (TPSA) is 47.6 Å². The van der Waals surface area contributed by atoms with Crippen LogP contribution in [-0.4, -0.2) is 32.8 Å². The quantitative estimate of drug-likeness (QED) is 0.767. The fourth-order valence-electron chi connectivity index (χ4n) is 1.48. The van der Waals surface area contributed by atoms with Crippen LogP contribution in [0.1, 0.15) is 22.8 Å². The molecule has 4 heteroatoms. The van der Waals surface area contributed by atoms with Crippen LogP contribution in [-0.2, 0) is 4.74 Å². The van der Waals surface area contributed by atoms with Crippen molar-refractivity contribution in [3.05, 3.63) is 29.3 Å². The molecule has 0 aliphatic heterocycles. The van der Waals surface area contributed by atoms with Crippen molar-refractivity contribution in [2.45, 2.75) is 13.8 Å². The Labute approximate surface area is 102 Å². The predicted octanol–water partition coefficient (Wildman–Crippen LogP) is 1.77. The van der Waals surface area contributed by atoms with Crippen LogP contribution < -0.4 is 10.1 Å². The summed E-state index contributed by atoms with van der Waals surface area (Å²) in [6.07, 6.45) is 0. The smallest absolute Gasteiger partial charge is 0.251 e. The van der Waals surface area contributed by atoms with E-state index in [1.807, 2.05) is 26.0 Å². The third kappa shape index (κ3) is 4.07. The molecule has 0 saturated heterocycles. The zero-order valence-corrected chi connectivity index (χ0v) is 10.6. The molecule has 94 valence electrons. The second-order valence-electron chi connectivity index (χ2n) is 3.66. The molecule has 0 spiro atoms. The Kier molecular flexibility index (Phi) is 5.49. The van der Waals surface area contributed by atoms with Crippen molar-refractivity contribution in [2.24, 2.45) is 0 Å². The average Bonchev–Trinajstić information content (AvgIpc) is 2.32. The minimum absolute atomic E-state index is 0.0896. The number of methoxy groups -OCH3 is 1.